The molecule has 138 valence electrons. The second kappa shape index (κ2) is 7.07. The quantitative estimate of drug-likeness (QED) is 0.868. The lowest BCUT2D eigenvalue weighted by Gasteiger charge is -2.13. The van der Waals surface area contributed by atoms with Crippen LogP contribution in [0, 0.1) is 13.8 Å². The summed E-state index contributed by atoms with van der Waals surface area (Å²) in [5.41, 5.74) is 2.79. The van der Waals surface area contributed by atoms with E-state index in [-0.39, 0.29) is 17.0 Å². The zero-order chi connectivity index (χ0) is 19.0. The van der Waals surface area contributed by atoms with Crippen LogP contribution < -0.4 is 16.2 Å². The Hall–Kier alpha value is -2.41. The van der Waals surface area contributed by atoms with E-state index < -0.39 is 5.91 Å². The van der Waals surface area contributed by atoms with Gasteiger partial charge in [0.2, 0.25) is 0 Å². The van der Waals surface area contributed by atoms with E-state index in [2.05, 4.69) is 10.6 Å². The third-order valence-corrected chi connectivity index (χ3v) is 6.15. The monoisotopic (exact) mass is 373 g/mol. The molecule has 0 aromatic carbocycles. The largest absolute Gasteiger partial charge is 0.355 e. The van der Waals surface area contributed by atoms with E-state index in [4.69, 9.17) is 0 Å². The van der Waals surface area contributed by atoms with Crippen molar-refractivity contribution in [3.63, 3.8) is 0 Å². The van der Waals surface area contributed by atoms with Gasteiger partial charge in [0, 0.05) is 24.7 Å². The molecular formula is C19H23N3O3S. The van der Waals surface area contributed by atoms with Crippen LogP contribution in [0.3, 0.4) is 0 Å². The molecule has 0 bridgehead atoms. The number of nitrogens with zero attached hydrogens (tertiary/aromatic N) is 1. The molecule has 7 heteroatoms. The van der Waals surface area contributed by atoms with Crippen molar-refractivity contribution in [1.29, 1.82) is 0 Å². The minimum absolute atomic E-state index is 0.118. The van der Waals surface area contributed by atoms with Crippen LogP contribution in [0.25, 0.3) is 0 Å². The van der Waals surface area contributed by atoms with Crippen molar-refractivity contribution < 1.29 is 9.59 Å². The van der Waals surface area contributed by atoms with E-state index >= 15 is 0 Å². The fourth-order valence-corrected chi connectivity index (χ4v) is 4.72. The number of thiophene rings is 1. The summed E-state index contributed by atoms with van der Waals surface area (Å²) in [6, 6.07) is 1.81. The molecule has 2 heterocycles. The summed E-state index contributed by atoms with van der Waals surface area (Å²) in [5, 5.41) is 6.02. The number of hydrogen-bond donors (Lipinski definition) is 2. The maximum atomic E-state index is 12.8. The van der Waals surface area contributed by atoms with Gasteiger partial charge in [0.25, 0.3) is 17.4 Å². The van der Waals surface area contributed by atoms with Crippen LogP contribution in [-0.4, -0.2) is 23.4 Å². The first-order chi connectivity index (χ1) is 12.3. The standard InChI is InChI=1S/C19H23N3O3S/c1-10-9-11(2)22(4)19(25)14(10)17(24)21-18-15(16(23)20-3)12-7-5-6-8-13(12)26-18/h9H,5-8H2,1-4H3,(H,20,23)(H,21,24). The predicted molar refractivity (Wildman–Crippen MR) is 103 cm³/mol. The smallest absolute Gasteiger partial charge is 0.263 e. The number of fused-ring (bicyclic) bond motifs is 1. The highest BCUT2D eigenvalue weighted by atomic mass is 32.1. The molecule has 1 aliphatic carbocycles. The Morgan fingerprint density at radius 2 is 1.81 bits per heavy atom. The van der Waals surface area contributed by atoms with Crippen molar-refractivity contribution in [2.75, 3.05) is 12.4 Å². The number of hydrogen-bond acceptors (Lipinski definition) is 4. The summed E-state index contributed by atoms with van der Waals surface area (Å²) in [6.45, 7) is 3.58. The van der Waals surface area contributed by atoms with Crippen LogP contribution in [0.4, 0.5) is 5.00 Å². The SMILES string of the molecule is CNC(=O)c1c(NC(=O)c2c(C)cc(C)n(C)c2=O)sc2c1CCCC2. The molecular weight excluding hydrogens is 350 g/mol. The fraction of sp³-hybridized carbons (Fsp3) is 0.421. The van der Waals surface area contributed by atoms with E-state index in [0.29, 0.717) is 16.1 Å². The molecule has 0 saturated heterocycles. The van der Waals surface area contributed by atoms with Crippen LogP contribution >= 0.6 is 11.3 Å². The Bertz CT molecular complexity index is 956. The first-order valence-corrected chi connectivity index (χ1v) is 9.52. The van der Waals surface area contributed by atoms with Crippen molar-refractivity contribution in [2.24, 2.45) is 7.05 Å². The number of carbonyl (C=O) groups excluding carboxylic acids is 2. The van der Waals surface area contributed by atoms with Crippen LogP contribution in [0.15, 0.2) is 10.9 Å². The first kappa shape index (κ1) is 18.4. The molecule has 0 saturated carbocycles. The van der Waals surface area contributed by atoms with Gasteiger partial charge in [-0.2, -0.15) is 0 Å². The van der Waals surface area contributed by atoms with Crippen molar-refractivity contribution in [3.05, 3.63) is 49.2 Å². The summed E-state index contributed by atoms with van der Waals surface area (Å²) in [5.74, 6) is -0.667. The highest BCUT2D eigenvalue weighted by Gasteiger charge is 2.27. The number of aryl methyl sites for hydroxylation is 3. The Balaban J connectivity index is 2.04. The second-order valence-corrected chi connectivity index (χ2v) is 7.76. The third-order valence-electron chi connectivity index (χ3n) is 4.95. The number of rotatable bonds is 3. The van der Waals surface area contributed by atoms with Gasteiger partial charge >= 0.3 is 0 Å². The Morgan fingerprint density at radius 3 is 2.50 bits per heavy atom. The van der Waals surface area contributed by atoms with Crippen molar-refractivity contribution >= 4 is 28.2 Å². The number of pyridine rings is 1. The first-order valence-electron chi connectivity index (χ1n) is 8.70. The molecule has 0 aliphatic heterocycles. The zero-order valence-electron chi connectivity index (χ0n) is 15.5. The summed E-state index contributed by atoms with van der Waals surface area (Å²) in [6.07, 6.45) is 3.89. The van der Waals surface area contributed by atoms with Gasteiger partial charge in [-0.1, -0.05) is 0 Å². The van der Waals surface area contributed by atoms with Gasteiger partial charge in [0.1, 0.15) is 10.6 Å². The van der Waals surface area contributed by atoms with Gasteiger partial charge < -0.3 is 15.2 Å². The number of amides is 2. The molecule has 26 heavy (non-hydrogen) atoms. The summed E-state index contributed by atoms with van der Waals surface area (Å²) < 4.78 is 1.46. The Morgan fingerprint density at radius 1 is 1.12 bits per heavy atom. The minimum atomic E-state index is -0.466. The molecule has 0 radical (unpaired) electrons. The van der Waals surface area contributed by atoms with E-state index in [0.717, 1.165) is 41.8 Å². The Kier molecular flexibility index (Phi) is 5.00. The highest BCUT2D eigenvalue weighted by molar-refractivity contribution is 7.17. The second-order valence-electron chi connectivity index (χ2n) is 6.66. The van der Waals surface area contributed by atoms with Crippen LogP contribution in [0.1, 0.15) is 55.3 Å². The average molecular weight is 373 g/mol. The van der Waals surface area contributed by atoms with Crippen molar-refractivity contribution in [1.82, 2.24) is 9.88 Å². The van der Waals surface area contributed by atoms with E-state index in [1.165, 1.54) is 15.9 Å². The number of carbonyl (C=O) groups is 2. The summed E-state index contributed by atoms with van der Waals surface area (Å²) in [7, 11) is 3.23. The molecule has 2 amide bonds. The molecule has 3 rings (SSSR count). The molecule has 1 aliphatic rings. The van der Waals surface area contributed by atoms with E-state index in [9.17, 15) is 14.4 Å². The summed E-state index contributed by atoms with van der Waals surface area (Å²) >= 11 is 1.45. The van der Waals surface area contributed by atoms with Gasteiger partial charge in [-0.15, -0.1) is 11.3 Å². The van der Waals surface area contributed by atoms with E-state index in [1.54, 1.807) is 21.0 Å². The molecule has 2 aromatic heterocycles. The molecule has 0 fully saturated rings. The average Bonchev–Trinajstić information content (AvgIpc) is 2.96. The molecule has 2 aromatic rings. The van der Waals surface area contributed by atoms with Crippen molar-refractivity contribution in [3.8, 4) is 0 Å². The minimum Gasteiger partial charge on any atom is -0.355 e. The van der Waals surface area contributed by atoms with Gasteiger partial charge in [-0.3, -0.25) is 14.4 Å². The molecule has 6 nitrogen and oxygen atoms in total. The lowest BCUT2D eigenvalue weighted by atomic mass is 9.95. The zero-order valence-corrected chi connectivity index (χ0v) is 16.3. The topological polar surface area (TPSA) is 80.2 Å². The number of anilines is 1. The summed E-state index contributed by atoms with van der Waals surface area (Å²) in [4.78, 5) is 38.9. The van der Waals surface area contributed by atoms with E-state index in [1.807, 2.05) is 13.0 Å². The normalized spacial score (nSPS) is 13.2. The highest BCUT2D eigenvalue weighted by Crippen LogP contribution is 2.38. The van der Waals surface area contributed by atoms with Gasteiger partial charge in [-0.25, -0.2) is 0 Å². The van der Waals surface area contributed by atoms with Crippen molar-refractivity contribution in [2.45, 2.75) is 39.5 Å². The van der Waals surface area contributed by atoms with Crippen LogP contribution in [0.2, 0.25) is 0 Å². The van der Waals surface area contributed by atoms with Gasteiger partial charge in [0.15, 0.2) is 0 Å². The molecule has 0 unspecified atom stereocenters. The van der Waals surface area contributed by atoms with Gasteiger partial charge in [0.05, 0.1) is 5.56 Å². The maximum absolute atomic E-state index is 12.8. The lowest BCUT2D eigenvalue weighted by Crippen LogP contribution is -2.30. The third kappa shape index (κ3) is 3.07. The molecule has 2 N–H and O–H groups in total. The lowest BCUT2D eigenvalue weighted by molar-refractivity contribution is 0.0963. The van der Waals surface area contributed by atoms with Gasteiger partial charge in [-0.05, 0) is 56.7 Å². The van der Waals surface area contributed by atoms with Crippen LogP contribution in [-0.2, 0) is 19.9 Å². The fourth-order valence-electron chi connectivity index (χ4n) is 3.44. The predicted octanol–water partition coefficient (Wildman–Crippen LogP) is 2.55. The van der Waals surface area contributed by atoms with Crippen LogP contribution in [0.5, 0.6) is 0 Å². The molecule has 0 spiro atoms. The Labute approximate surface area is 156 Å². The number of aromatic nitrogens is 1. The number of nitrogens with one attached hydrogen (secondary N) is 2. The molecule has 0 atom stereocenters. The maximum Gasteiger partial charge on any atom is 0.263 e.